The van der Waals surface area contributed by atoms with E-state index in [0.717, 1.165) is 23.0 Å². The minimum Gasteiger partial charge on any atom is -0.273 e. The van der Waals surface area contributed by atoms with Crippen molar-refractivity contribution in [3.05, 3.63) is 41.6 Å². The van der Waals surface area contributed by atoms with Gasteiger partial charge in [0.1, 0.15) is 11.6 Å². The van der Waals surface area contributed by atoms with Crippen LogP contribution in [-0.2, 0) is 27.3 Å². The molecule has 1 aromatic carbocycles. The van der Waals surface area contributed by atoms with Crippen LogP contribution < -0.4 is 4.72 Å². The molecule has 2 aromatic rings. The molecule has 25 heavy (non-hydrogen) atoms. The zero-order valence-corrected chi connectivity index (χ0v) is 14.2. The minimum atomic E-state index is -4.20. The number of carbonyl (C=O) groups is 1. The van der Waals surface area contributed by atoms with Gasteiger partial charge in [0.15, 0.2) is 5.03 Å². The molecule has 1 saturated carbocycles. The Morgan fingerprint density at radius 1 is 1.20 bits per heavy atom. The number of hydrogen-bond acceptors (Lipinski definition) is 5. The average molecular weight is 370 g/mol. The lowest BCUT2D eigenvalue weighted by atomic mass is 9.78. The maximum Gasteiger partial charge on any atom is 0.282 e. The Morgan fingerprint density at radius 2 is 1.80 bits per heavy atom. The summed E-state index contributed by atoms with van der Waals surface area (Å²) in [5, 5.41) is 6.72. The van der Waals surface area contributed by atoms with Gasteiger partial charge in [-0.25, -0.2) is 18.2 Å². The lowest BCUT2D eigenvalue weighted by Crippen LogP contribution is -2.45. The fourth-order valence-corrected chi connectivity index (χ4v) is 4.37. The van der Waals surface area contributed by atoms with E-state index in [1.807, 2.05) is 4.72 Å². The number of aryl methyl sites for hydroxylation is 1. The quantitative estimate of drug-likeness (QED) is 0.878. The summed E-state index contributed by atoms with van der Waals surface area (Å²) in [5.41, 5.74) is -1.15. The van der Waals surface area contributed by atoms with Crippen LogP contribution in [0.2, 0.25) is 0 Å². The monoisotopic (exact) mass is 370 g/mol. The van der Waals surface area contributed by atoms with Crippen molar-refractivity contribution in [1.29, 1.82) is 0 Å². The first kappa shape index (κ1) is 17.5. The molecular formula is C15H16F2N4O3S. The van der Waals surface area contributed by atoms with E-state index in [1.54, 1.807) is 0 Å². The van der Waals surface area contributed by atoms with Crippen LogP contribution in [-0.4, -0.2) is 29.3 Å². The van der Waals surface area contributed by atoms with Crippen molar-refractivity contribution in [3.63, 3.8) is 0 Å². The molecule has 0 radical (unpaired) electrons. The van der Waals surface area contributed by atoms with E-state index in [1.165, 1.54) is 7.05 Å². The first-order chi connectivity index (χ1) is 11.7. The molecule has 1 heterocycles. The second-order valence-corrected chi connectivity index (χ2v) is 7.71. The molecule has 3 rings (SSSR count). The number of hydrogen-bond donors (Lipinski definition) is 1. The van der Waals surface area contributed by atoms with Gasteiger partial charge in [-0.3, -0.25) is 4.79 Å². The second-order valence-electron chi connectivity index (χ2n) is 6.08. The molecule has 0 bridgehead atoms. The fourth-order valence-electron chi connectivity index (χ4n) is 3.25. The maximum atomic E-state index is 13.6. The van der Waals surface area contributed by atoms with Crippen molar-refractivity contribution >= 4 is 15.9 Å². The summed E-state index contributed by atoms with van der Waals surface area (Å²) < 4.78 is 55.1. The van der Waals surface area contributed by atoms with E-state index in [-0.39, 0.29) is 10.6 Å². The summed E-state index contributed by atoms with van der Waals surface area (Å²) in [6.07, 6.45) is 2.93. The predicted molar refractivity (Wildman–Crippen MR) is 82.8 cm³/mol. The normalized spacial score (nSPS) is 16.8. The van der Waals surface area contributed by atoms with E-state index in [0.29, 0.717) is 31.7 Å². The van der Waals surface area contributed by atoms with Crippen LogP contribution in [0.15, 0.2) is 29.4 Å². The van der Waals surface area contributed by atoms with Crippen molar-refractivity contribution in [2.24, 2.45) is 7.05 Å². The lowest BCUT2D eigenvalue weighted by Gasteiger charge is -2.28. The molecule has 0 atom stereocenters. The third-order valence-electron chi connectivity index (χ3n) is 4.48. The Bertz CT molecular complexity index is 900. The Kier molecular flexibility index (Phi) is 4.31. The Balaban J connectivity index is 1.98. The summed E-state index contributed by atoms with van der Waals surface area (Å²) in [7, 11) is -2.83. The van der Waals surface area contributed by atoms with Crippen LogP contribution >= 0.6 is 0 Å². The number of benzene rings is 1. The number of amides is 1. The summed E-state index contributed by atoms with van der Waals surface area (Å²) >= 11 is 0. The lowest BCUT2D eigenvalue weighted by molar-refractivity contribution is -0.124. The Labute approximate surface area is 143 Å². The zero-order valence-electron chi connectivity index (χ0n) is 13.4. The number of rotatable bonds is 4. The summed E-state index contributed by atoms with van der Waals surface area (Å²) in [4.78, 5) is 12.8. The van der Waals surface area contributed by atoms with Gasteiger partial charge in [0.05, 0.1) is 11.6 Å². The summed E-state index contributed by atoms with van der Waals surface area (Å²) in [6, 6.07) is 2.86. The van der Waals surface area contributed by atoms with Crippen molar-refractivity contribution in [1.82, 2.24) is 19.7 Å². The van der Waals surface area contributed by atoms with Gasteiger partial charge in [0, 0.05) is 13.1 Å². The average Bonchev–Trinajstić information content (AvgIpc) is 3.15. The number of halogens is 2. The highest BCUT2D eigenvalue weighted by Gasteiger charge is 2.45. The highest BCUT2D eigenvalue weighted by Crippen LogP contribution is 2.42. The van der Waals surface area contributed by atoms with Crippen LogP contribution in [0.5, 0.6) is 0 Å². The SMILES string of the molecule is Cn1nncc1S(=O)(=O)NC(=O)C1(c2cc(F)cc(F)c2)CCCC1. The van der Waals surface area contributed by atoms with Crippen LogP contribution in [0.25, 0.3) is 0 Å². The van der Waals surface area contributed by atoms with Gasteiger partial charge < -0.3 is 0 Å². The van der Waals surface area contributed by atoms with Crippen LogP contribution in [0, 0.1) is 11.6 Å². The van der Waals surface area contributed by atoms with Crippen LogP contribution in [0.3, 0.4) is 0 Å². The maximum absolute atomic E-state index is 13.6. The highest BCUT2D eigenvalue weighted by molar-refractivity contribution is 7.90. The topological polar surface area (TPSA) is 93.9 Å². The molecule has 1 aromatic heterocycles. The third-order valence-corrected chi connectivity index (χ3v) is 5.86. The zero-order chi connectivity index (χ0) is 18.2. The van der Waals surface area contributed by atoms with Crippen molar-refractivity contribution < 1.29 is 22.0 Å². The molecule has 0 saturated heterocycles. The van der Waals surface area contributed by atoms with Crippen molar-refractivity contribution in [2.75, 3.05) is 0 Å². The molecule has 0 aliphatic heterocycles. The molecule has 7 nitrogen and oxygen atoms in total. The van der Waals surface area contributed by atoms with Crippen molar-refractivity contribution in [2.45, 2.75) is 36.1 Å². The molecular weight excluding hydrogens is 354 g/mol. The molecule has 1 amide bonds. The first-order valence-corrected chi connectivity index (χ1v) is 9.11. The van der Waals surface area contributed by atoms with Gasteiger partial charge in [0.2, 0.25) is 5.91 Å². The molecule has 0 unspecified atom stereocenters. The van der Waals surface area contributed by atoms with E-state index in [4.69, 9.17) is 0 Å². The second kappa shape index (κ2) is 6.17. The fraction of sp³-hybridized carbons (Fsp3) is 0.400. The van der Waals surface area contributed by atoms with E-state index in [9.17, 15) is 22.0 Å². The Morgan fingerprint density at radius 3 is 2.32 bits per heavy atom. The number of sulfonamides is 1. The molecule has 1 aliphatic carbocycles. The molecule has 1 aliphatic rings. The standard InChI is InChI=1S/C15H16F2N4O3S/c1-21-13(9-18-20-21)25(23,24)19-14(22)15(4-2-3-5-15)10-6-11(16)8-12(17)7-10/h6-9H,2-5H2,1H3,(H,19,22). The van der Waals surface area contributed by atoms with E-state index >= 15 is 0 Å². The van der Waals surface area contributed by atoms with Gasteiger partial charge in [-0.2, -0.15) is 8.42 Å². The van der Waals surface area contributed by atoms with Gasteiger partial charge in [0.25, 0.3) is 10.0 Å². The molecule has 1 N–H and O–H groups in total. The number of nitrogens with zero attached hydrogens (tertiary/aromatic N) is 3. The first-order valence-electron chi connectivity index (χ1n) is 7.63. The number of carbonyl (C=O) groups excluding carboxylic acids is 1. The summed E-state index contributed by atoms with van der Waals surface area (Å²) in [6.45, 7) is 0. The molecule has 0 spiro atoms. The van der Waals surface area contributed by atoms with Gasteiger partial charge >= 0.3 is 0 Å². The summed E-state index contributed by atoms with van der Waals surface area (Å²) in [5.74, 6) is -2.43. The van der Waals surface area contributed by atoms with Crippen LogP contribution in [0.1, 0.15) is 31.2 Å². The van der Waals surface area contributed by atoms with Crippen LogP contribution in [0.4, 0.5) is 8.78 Å². The Hall–Kier alpha value is -2.36. The minimum absolute atomic E-state index is 0.137. The number of aromatic nitrogens is 3. The largest absolute Gasteiger partial charge is 0.282 e. The smallest absolute Gasteiger partial charge is 0.273 e. The third kappa shape index (κ3) is 3.13. The number of nitrogens with one attached hydrogen (secondary N) is 1. The molecule has 1 fully saturated rings. The molecule has 134 valence electrons. The van der Waals surface area contributed by atoms with E-state index in [2.05, 4.69) is 10.3 Å². The molecule has 10 heteroatoms. The van der Waals surface area contributed by atoms with Gasteiger partial charge in [-0.1, -0.05) is 18.1 Å². The van der Waals surface area contributed by atoms with Gasteiger partial charge in [-0.15, -0.1) is 5.10 Å². The predicted octanol–water partition coefficient (Wildman–Crippen LogP) is 1.41. The van der Waals surface area contributed by atoms with Crippen molar-refractivity contribution in [3.8, 4) is 0 Å². The van der Waals surface area contributed by atoms with E-state index < -0.39 is 33.0 Å². The highest BCUT2D eigenvalue weighted by atomic mass is 32.2. The van der Waals surface area contributed by atoms with Gasteiger partial charge in [-0.05, 0) is 30.5 Å².